The molecule has 1 fully saturated rings. The minimum Gasteiger partial charge on any atom is -0.322 e. The lowest BCUT2D eigenvalue weighted by Gasteiger charge is -2.28. The van der Waals surface area contributed by atoms with Crippen LogP contribution in [0.2, 0.25) is 0 Å². The summed E-state index contributed by atoms with van der Waals surface area (Å²) in [5.74, 6) is -3.55. The molecule has 3 rings (SSSR count). The molecule has 6 heteroatoms. The van der Waals surface area contributed by atoms with Crippen LogP contribution in [0.25, 0.3) is 0 Å². The summed E-state index contributed by atoms with van der Waals surface area (Å²) in [5.41, 5.74) is 2.39. The van der Waals surface area contributed by atoms with Crippen molar-refractivity contribution in [3.05, 3.63) is 64.5 Å². The lowest BCUT2D eigenvalue weighted by Crippen LogP contribution is -2.19. The number of Topliss-reactive ketones (excluding diaryl/α,β-unsaturated/α-hetero) is 1. The number of halogens is 3. The molecule has 2 aromatic carbocycles. The lowest BCUT2D eigenvalue weighted by atomic mass is 9.77. The summed E-state index contributed by atoms with van der Waals surface area (Å²) in [6.45, 7) is 3.63. The molecule has 2 aromatic rings. The Labute approximate surface area is 174 Å². The van der Waals surface area contributed by atoms with Crippen molar-refractivity contribution >= 4 is 17.4 Å². The number of hydrogen-bond acceptors (Lipinski definition) is 2. The minimum absolute atomic E-state index is 0.137. The number of anilines is 1. The van der Waals surface area contributed by atoms with Crippen LogP contribution >= 0.6 is 0 Å². The standard InChI is InChI=1S/C24H26F3NO2/c1-14-3-8-18(24(30)28-20-12-21(25)23(27)22(26)13-20)11-19(14)10-17-6-4-16(5-7-17)9-15(2)29/h3,8,11-13,16-17H,4-7,9-10H2,1-2H3,(H,28,30). The van der Waals surface area contributed by atoms with Gasteiger partial charge in [-0.2, -0.15) is 0 Å². The fourth-order valence-corrected chi connectivity index (χ4v) is 4.22. The van der Waals surface area contributed by atoms with Gasteiger partial charge in [-0.25, -0.2) is 13.2 Å². The minimum atomic E-state index is -1.57. The molecule has 0 heterocycles. The van der Waals surface area contributed by atoms with Crippen LogP contribution in [-0.2, 0) is 11.2 Å². The maximum Gasteiger partial charge on any atom is 0.255 e. The zero-order chi connectivity index (χ0) is 21.8. The summed E-state index contributed by atoms with van der Waals surface area (Å²) in [5, 5.41) is 2.42. The van der Waals surface area contributed by atoms with E-state index in [1.165, 1.54) is 0 Å². The summed E-state index contributed by atoms with van der Waals surface area (Å²) in [7, 11) is 0. The van der Waals surface area contributed by atoms with Crippen LogP contribution in [0, 0.1) is 36.2 Å². The number of aryl methyl sites for hydroxylation is 1. The first-order chi connectivity index (χ1) is 14.2. The Kier molecular flexibility index (Phi) is 6.95. The van der Waals surface area contributed by atoms with E-state index in [1.54, 1.807) is 13.0 Å². The Morgan fingerprint density at radius 1 is 0.967 bits per heavy atom. The molecule has 30 heavy (non-hydrogen) atoms. The molecule has 1 amide bonds. The van der Waals surface area contributed by atoms with E-state index in [0.29, 0.717) is 23.8 Å². The first kappa shape index (κ1) is 22.1. The molecule has 0 aliphatic heterocycles. The smallest absolute Gasteiger partial charge is 0.255 e. The van der Waals surface area contributed by atoms with Gasteiger partial charge in [-0.3, -0.25) is 4.79 Å². The third kappa shape index (κ3) is 5.49. The summed E-state index contributed by atoms with van der Waals surface area (Å²) in [6.07, 6.45) is 5.71. The fraction of sp³-hybridized carbons (Fsp3) is 0.417. The second-order valence-corrected chi connectivity index (χ2v) is 8.35. The molecule has 3 nitrogen and oxygen atoms in total. The van der Waals surface area contributed by atoms with Gasteiger partial charge in [0.05, 0.1) is 0 Å². The Bertz CT molecular complexity index is 926. The molecule has 0 aromatic heterocycles. The Morgan fingerprint density at radius 3 is 2.17 bits per heavy atom. The molecule has 1 saturated carbocycles. The Hall–Kier alpha value is -2.63. The van der Waals surface area contributed by atoms with Crippen LogP contribution in [-0.4, -0.2) is 11.7 Å². The van der Waals surface area contributed by atoms with Gasteiger partial charge < -0.3 is 10.1 Å². The molecule has 1 N–H and O–H groups in total. The van der Waals surface area contributed by atoms with E-state index in [9.17, 15) is 22.8 Å². The van der Waals surface area contributed by atoms with E-state index in [2.05, 4.69) is 5.32 Å². The number of hydrogen-bond donors (Lipinski definition) is 1. The summed E-state index contributed by atoms with van der Waals surface area (Å²) in [4.78, 5) is 23.9. The van der Waals surface area contributed by atoms with Crippen LogP contribution in [0.1, 0.15) is 60.5 Å². The quantitative estimate of drug-likeness (QED) is 0.587. The molecule has 0 bridgehead atoms. The predicted molar refractivity (Wildman–Crippen MR) is 110 cm³/mol. The molecule has 1 aliphatic rings. The Morgan fingerprint density at radius 2 is 1.57 bits per heavy atom. The molecule has 160 valence electrons. The molecule has 0 unspecified atom stereocenters. The lowest BCUT2D eigenvalue weighted by molar-refractivity contribution is -0.118. The van der Waals surface area contributed by atoms with Crippen molar-refractivity contribution in [3.8, 4) is 0 Å². The number of benzene rings is 2. The predicted octanol–water partition coefficient (Wildman–Crippen LogP) is 5.99. The van der Waals surface area contributed by atoms with Crippen molar-refractivity contribution in [3.63, 3.8) is 0 Å². The van der Waals surface area contributed by atoms with Crippen molar-refractivity contribution in [1.82, 2.24) is 0 Å². The number of carbonyl (C=O) groups is 2. The molecule has 0 saturated heterocycles. The number of ketones is 1. The summed E-state index contributed by atoms with van der Waals surface area (Å²) < 4.78 is 39.9. The van der Waals surface area contributed by atoms with Crippen LogP contribution in [0.3, 0.4) is 0 Å². The van der Waals surface area contributed by atoms with Crippen LogP contribution in [0.15, 0.2) is 30.3 Å². The maximum absolute atomic E-state index is 13.4. The molecule has 0 spiro atoms. The SMILES string of the molecule is CC(=O)CC1CCC(Cc2cc(C(=O)Nc3cc(F)c(F)c(F)c3)ccc2C)CC1. The van der Waals surface area contributed by atoms with E-state index in [1.807, 2.05) is 19.1 Å². The normalized spacial score (nSPS) is 18.8. The maximum atomic E-state index is 13.4. The van der Waals surface area contributed by atoms with Crippen molar-refractivity contribution < 1.29 is 22.8 Å². The third-order valence-electron chi connectivity index (χ3n) is 5.90. The van der Waals surface area contributed by atoms with Gasteiger partial charge in [0, 0.05) is 29.8 Å². The van der Waals surface area contributed by atoms with Gasteiger partial charge in [-0.15, -0.1) is 0 Å². The zero-order valence-corrected chi connectivity index (χ0v) is 17.2. The number of nitrogens with one attached hydrogen (secondary N) is 1. The largest absolute Gasteiger partial charge is 0.322 e. The second-order valence-electron chi connectivity index (χ2n) is 8.35. The van der Waals surface area contributed by atoms with Crippen LogP contribution in [0.5, 0.6) is 0 Å². The highest BCUT2D eigenvalue weighted by atomic mass is 19.2. The number of rotatable bonds is 6. The van der Waals surface area contributed by atoms with Crippen molar-refractivity contribution in [2.45, 2.75) is 52.4 Å². The summed E-state index contributed by atoms with van der Waals surface area (Å²) in [6, 6.07) is 6.84. The number of amides is 1. The topological polar surface area (TPSA) is 46.2 Å². The van der Waals surface area contributed by atoms with E-state index >= 15 is 0 Å². The third-order valence-corrected chi connectivity index (χ3v) is 5.90. The Balaban J connectivity index is 1.66. The monoisotopic (exact) mass is 417 g/mol. The van der Waals surface area contributed by atoms with Crippen molar-refractivity contribution in [1.29, 1.82) is 0 Å². The van der Waals surface area contributed by atoms with E-state index in [0.717, 1.165) is 55.4 Å². The van der Waals surface area contributed by atoms with Gasteiger partial charge in [0.2, 0.25) is 0 Å². The van der Waals surface area contributed by atoms with Gasteiger partial charge in [-0.05, 0) is 81.0 Å². The average molecular weight is 417 g/mol. The van der Waals surface area contributed by atoms with Crippen LogP contribution in [0.4, 0.5) is 18.9 Å². The van der Waals surface area contributed by atoms with Gasteiger partial charge in [0.1, 0.15) is 5.78 Å². The highest BCUT2D eigenvalue weighted by molar-refractivity contribution is 6.04. The van der Waals surface area contributed by atoms with Crippen molar-refractivity contribution in [2.75, 3.05) is 5.32 Å². The molecule has 1 aliphatic carbocycles. The van der Waals surface area contributed by atoms with E-state index in [-0.39, 0.29) is 11.5 Å². The summed E-state index contributed by atoms with van der Waals surface area (Å²) >= 11 is 0. The first-order valence-electron chi connectivity index (χ1n) is 10.3. The number of carbonyl (C=O) groups excluding carboxylic acids is 2. The molecule has 0 radical (unpaired) electrons. The van der Waals surface area contributed by atoms with Gasteiger partial charge in [0.15, 0.2) is 17.5 Å². The highest BCUT2D eigenvalue weighted by Crippen LogP contribution is 2.33. The van der Waals surface area contributed by atoms with E-state index < -0.39 is 23.4 Å². The van der Waals surface area contributed by atoms with Gasteiger partial charge >= 0.3 is 0 Å². The van der Waals surface area contributed by atoms with Gasteiger partial charge in [0.25, 0.3) is 5.91 Å². The van der Waals surface area contributed by atoms with Crippen LogP contribution < -0.4 is 5.32 Å². The molecular weight excluding hydrogens is 391 g/mol. The molecular formula is C24H26F3NO2. The highest BCUT2D eigenvalue weighted by Gasteiger charge is 2.23. The fourth-order valence-electron chi connectivity index (χ4n) is 4.22. The van der Waals surface area contributed by atoms with Crippen molar-refractivity contribution in [2.24, 2.45) is 11.8 Å². The first-order valence-corrected chi connectivity index (χ1v) is 10.3. The second kappa shape index (κ2) is 9.45. The van der Waals surface area contributed by atoms with E-state index in [4.69, 9.17) is 0 Å². The zero-order valence-electron chi connectivity index (χ0n) is 17.2. The average Bonchev–Trinajstić information content (AvgIpc) is 2.68. The van der Waals surface area contributed by atoms with Gasteiger partial charge in [-0.1, -0.05) is 6.07 Å². The molecule has 0 atom stereocenters.